The quantitative estimate of drug-likeness (QED) is 0.939. The Morgan fingerprint density at radius 3 is 3.14 bits per heavy atom. The number of amides is 1. The smallest absolute Gasteiger partial charge is 0.220 e. The molecule has 1 N–H and O–H groups in total. The average molecular weight is 284 g/mol. The van der Waals surface area contributed by atoms with E-state index in [1.807, 2.05) is 6.07 Å². The number of nitrogens with zero attached hydrogens (tertiary/aromatic N) is 1. The summed E-state index contributed by atoms with van der Waals surface area (Å²) in [5.74, 6) is 0.476. The van der Waals surface area contributed by atoms with Crippen molar-refractivity contribution in [3.63, 3.8) is 0 Å². The number of hydrogen-bond donors (Lipinski definition) is 1. The topological polar surface area (TPSA) is 51.2 Å². The van der Waals surface area contributed by atoms with E-state index in [1.165, 1.54) is 0 Å². The molecule has 1 fully saturated rings. The lowest BCUT2D eigenvalue weighted by Crippen LogP contribution is -2.25. The second-order valence-electron chi connectivity index (χ2n) is 5.65. The molecule has 1 atom stereocenters. The van der Waals surface area contributed by atoms with Crippen LogP contribution in [0, 0.1) is 12.8 Å². The zero-order valence-electron chi connectivity index (χ0n) is 12.3. The van der Waals surface area contributed by atoms with Crippen molar-refractivity contribution >= 4 is 16.8 Å². The molecular formula is C17H20N2O2. The summed E-state index contributed by atoms with van der Waals surface area (Å²) in [6.07, 6.45) is 3.35. The molecule has 110 valence electrons. The first-order valence-corrected chi connectivity index (χ1v) is 7.41. The Kier molecular flexibility index (Phi) is 4.15. The minimum Gasteiger partial charge on any atom is -0.381 e. The Labute approximate surface area is 124 Å². The summed E-state index contributed by atoms with van der Waals surface area (Å²) < 4.78 is 5.30. The van der Waals surface area contributed by atoms with Gasteiger partial charge in [0.2, 0.25) is 5.91 Å². The highest BCUT2D eigenvalue weighted by Crippen LogP contribution is 2.20. The van der Waals surface area contributed by atoms with Crippen molar-refractivity contribution in [2.75, 3.05) is 13.2 Å². The number of hydrogen-bond acceptors (Lipinski definition) is 3. The van der Waals surface area contributed by atoms with Crippen LogP contribution in [-0.2, 0) is 16.1 Å². The molecule has 1 aromatic carbocycles. The van der Waals surface area contributed by atoms with E-state index in [4.69, 9.17) is 4.74 Å². The number of aromatic nitrogens is 1. The lowest BCUT2D eigenvalue weighted by atomic mass is 10.0. The van der Waals surface area contributed by atoms with E-state index in [0.717, 1.165) is 35.1 Å². The van der Waals surface area contributed by atoms with Gasteiger partial charge in [-0.3, -0.25) is 9.78 Å². The van der Waals surface area contributed by atoms with Crippen molar-refractivity contribution in [3.8, 4) is 0 Å². The van der Waals surface area contributed by atoms with Crippen LogP contribution >= 0.6 is 0 Å². The third-order valence-corrected chi connectivity index (χ3v) is 4.04. The monoisotopic (exact) mass is 284 g/mol. The molecule has 4 nitrogen and oxygen atoms in total. The third-order valence-electron chi connectivity index (χ3n) is 4.04. The molecule has 0 radical (unpaired) electrons. The number of benzene rings is 1. The van der Waals surface area contributed by atoms with Crippen LogP contribution in [0.4, 0.5) is 0 Å². The Morgan fingerprint density at radius 2 is 2.33 bits per heavy atom. The van der Waals surface area contributed by atoms with Gasteiger partial charge in [-0.05, 0) is 36.5 Å². The minimum absolute atomic E-state index is 0.100. The fourth-order valence-electron chi connectivity index (χ4n) is 2.80. The fraction of sp³-hybridized carbons (Fsp3) is 0.412. The van der Waals surface area contributed by atoms with E-state index in [9.17, 15) is 4.79 Å². The molecular weight excluding hydrogens is 264 g/mol. The molecule has 0 saturated carbocycles. The van der Waals surface area contributed by atoms with E-state index in [0.29, 0.717) is 25.5 Å². The molecule has 4 heteroatoms. The van der Waals surface area contributed by atoms with Gasteiger partial charge in [0.15, 0.2) is 0 Å². The number of pyridine rings is 1. The highest BCUT2D eigenvalue weighted by Gasteiger charge is 2.19. The molecule has 0 spiro atoms. The van der Waals surface area contributed by atoms with Crippen molar-refractivity contribution in [1.29, 1.82) is 0 Å². The SMILES string of the molecule is Cc1ccc(CNC(=O)CC2CCOC2)c2cccnc12. The van der Waals surface area contributed by atoms with E-state index in [1.54, 1.807) is 6.20 Å². The lowest BCUT2D eigenvalue weighted by molar-refractivity contribution is -0.122. The third kappa shape index (κ3) is 3.22. The lowest BCUT2D eigenvalue weighted by Gasteiger charge is -2.11. The maximum Gasteiger partial charge on any atom is 0.220 e. The van der Waals surface area contributed by atoms with Crippen LogP contribution in [0.25, 0.3) is 10.9 Å². The second kappa shape index (κ2) is 6.22. The molecule has 1 amide bonds. The Balaban J connectivity index is 1.67. The van der Waals surface area contributed by atoms with Crippen molar-refractivity contribution in [3.05, 3.63) is 41.6 Å². The molecule has 0 bridgehead atoms. The number of nitrogens with one attached hydrogen (secondary N) is 1. The summed E-state index contributed by atoms with van der Waals surface area (Å²) in [6, 6.07) is 8.12. The van der Waals surface area contributed by atoms with Gasteiger partial charge in [-0.2, -0.15) is 0 Å². The van der Waals surface area contributed by atoms with Gasteiger partial charge in [-0.1, -0.05) is 18.2 Å². The Morgan fingerprint density at radius 1 is 1.43 bits per heavy atom. The number of aryl methyl sites for hydroxylation is 1. The maximum atomic E-state index is 12.0. The summed E-state index contributed by atoms with van der Waals surface area (Å²) >= 11 is 0. The molecule has 3 rings (SSSR count). The van der Waals surface area contributed by atoms with Crippen molar-refractivity contribution < 1.29 is 9.53 Å². The van der Waals surface area contributed by atoms with Gasteiger partial charge in [0.05, 0.1) is 5.52 Å². The van der Waals surface area contributed by atoms with Gasteiger partial charge in [0.1, 0.15) is 0 Å². The van der Waals surface area contributed by atoms with Gasteiger partial charge < -0.3 is 10.1 Å². The van der Waals surface area contributed by atoms with Gasteiger partial charge in [-0.15, -0.1) is 0 Å². The molecule has 1 unspecified atom stereocenters. The number of ether oxygens (including phenoxy) is 1. The summed E-state index contributed by atoms with van der Waals surface area (Å²) in [5, 5.41) is 4.13. The molecule has 21 heavy (non-hydrogen) atoms. The normalized spacial score (nSPS) is 18.0. The summed E-state index contributed by atoms with van der Waals surface area (Å²) in [7, 11) is 0. The van der Waals surface area contributed by atoms with E-state index in [2.05, 4.69) is 35.4 Å². The highest BCUT2D eigenvalue weighted by atomic mass is 16.5. The van der Waals surface area contributed by atoms with Crippen LogP contribution < -0.4 is 5.32 Å². The number of rotatable bonds is 4. The van der Waals surface area contributed by atoms with Crippen molar-refractivity contribution in [1.82, 2.24) is 10.3 Å². The summed E-state index contributed by atoms with van der Waals surface area (Å²) in [6.45, 7) is 4.10. The first-order valence-electron chi connectivity index (χ1n) is 7.41. The van der Waals surface area contributed by atoms with Crippen LogP contribution in [0.2, 0.25) is 0 Å². The van der Waals surface area contributed by atoms with Crippen LogP contribution in [0.5, 0.6) is 0 Å². The zero-order chi connectivity index (χ0) is 14.7. The number of carbonyl (C=O) groups excluding carboxylic acids is 1. The van der Waals surface area contributed by atoms with E-state index >= 15 is 0 Å². The molecule has 1 aromatic heterocycles. The van der Waals surface area contributed by atoms with Crippen LogP contribution in [0.3, 0.4) is 0 Å². The average Bonchev–Trinajstić information content (AvgIpc) is 3.00. The Hall–Kier alpha value is -1.94. The number of carbonyl (C=O) groups is 1. The molecule has 1 aliphatic heterocycles. The number of fused-ring (bicyclic) bond motifs is 1. The molecule has 2 aromatic rings. The maximum absolute atomic E-state index is 12.0. The van der Waals surface area contributed by atoms with Crippen molar-refractivity contribution in [2.24, 2.45) is 5.92 Å². The fourth-order valence-corrected chi connectivity index (χ4v) is 2.80. The first-order chi connectivity index (χ1) is 10.2. The summed E-state index contributed by atoms with van der Waals surface area (Å²) in [4.78, 5) is 16.4. The van der Waals surface area contributed by atoms with E-state index in [-0.39, 0.29) is 5.91 Å². The minimum atomic E-state index is 0.100. The zero-order valence-corrected chi connectivity index (χ0v) is 12.3. The van der Waals surface area contributed by atoms with Crippen molar-refractivity contribution in [2.45, 2.75) is 26.3 Å². The second-order valence-corrected chi connectivity index (χ2v) is 5.65. The van der Waals surface area contributed by atoms with Crippen LogP contribution in [0.1, 0.15) is 24.0 Å². The molecule has 1 aliphatic rings. The Bertz CT molecular complexity index is 648. The van der Waals surface area contributed by atoms with Crippen LogP contribution in [0.15, 0.2) is 30.5 Å². The molecule has 0 aliphatic carbocycles. The standard InChI is InChI=1S/C17H20N2O2/c1-12-4-5-14(15-3-2-7-18-17(12)15)10-19-16(20)9-13-6-8-21-11-13/h2-5,7,13H,6,8-11H2,1H3,(H,19,20). The van der Waals surface area contributed by atoms with Crippen LogP contribution in [-0.4, -0.2) is 24.1 Å². The molecule has 1 saturated heterocycles. The predicted octanol–water partition coefficient (Wildman–Crippen LogP) is 2.59. The first kappa shape index (κ1) is 14.0. The summed E-state index contributed by atoms with van der Waals surface area (Å²) in [5.41, 5.74) is 3.27. The largest absolute Gasteiger partial charge is 0.381 e. The van der Waals surface area contributed by atoms with E-state index < -0.39 is 0 Å². The predicted molar refractivity (Wildman–Crippen MR) is 81.9 cm³/mol. The van der Waals surface area contributed by atoms with Gasteiger partial charge in [0.25, 0.3) is 0 Å². The van der Waals surface area contributed by atoms with Gasteiger partial charge in [-0.25, -0.2) is 0 Å². The van der Waals surface area contributed by atoms with Gasteiger partial charge >= 0.3 is 0 Å². The molecule has 2 heterocycles. The van der Waals surface area contributed by atoms with Gasteiger partial charge in [0, 0.05) is 37.8 Å². The highest BCUT2D eigenvalue weighted by molar-refractivity contribution is 5.85.